The minimum absolute atomic E-state index is 0.313. The molecule has 2 rings (SSSR count). The lowest BCUT2D eigenvalue weighted by Gasteiger charge is -2.04. The summed E-state index contributed by atoms with van der Waals surface area (Å²) in [5, 5.41) is 7.53. The summed E-state index contributed by atoms with van der Waals surface area (Å²) in [4.78, 5) is 0. The molecule has 1 aromatic heterocycles. The van der Waals surface area contributed by atoms with Crippen LogP contribution in [0.4, 0.5) is 10.1 Å². The predicted octanol–water partition coefficient (Wildman–Crippen LogP) is 2.77. The Labute approximate surface area is 100 Å². The maximum Gasteiger partial charge on any atom is 0.109 e. The number of benzene rings is 1. The van der Waals surface area contributed by atoms with Crippen LogP contribution in [0.25, 0.3) is 0 Å². The van der Waals surface area contributed by atoms with Crippen molar-refractivity contribution in [3.05, 3.63) is 47.8 Å². The number of aryl methyl sites for hydroxylation is 2. The van der Waals surface area contributed by atoms with Crippen LogP contribution in [0.5, 0.6) is 0 Å². The third kappa shape index (κ3) is 3.06. The first kappa shape index (κ1) is 11.6. The molecule has 2 aromatic rings. The third-order valence-electron chi connectivity index (χ3n) is 2.59. The highest BCUT2D eigenvalue weighted by molar-refractivity contribution is 5.46. The first-order valence-electron chi connectivity index (χ1n) is 5.67. The highest BCUT2D eigenvalue weighted by Crippen LogP contribution is 2.13. The van der Waals surface area contributed by atoms with Crippen LogP contribution in [0.3, 0.4) is 0 Å². The maximum absolute atomic E-state index is 12.2. The van der Waals surface area contributed by atoms with Gasteiger partial charge in [-0.1, -0.05) is 30.3 Å². The summed E-state index contributed by atoms with van der Waals surface area (Å²) in [6.45, 7) is 2.60. The Morgan fingerprint density at radius 3 is 2.76 bits per heavy atom. The fraction of sp³-hybridized carbons (Fsp3) is 0.308. The van der Waals surface area contributed by atoms with Crippen molar-refractivity contribution in [3.63, 3.8) is 0 Å². The second-order valence-electron chi connectivity index (χ2n) is 3.92. The predicted molar refractivity (Wildman–Crippen MR) is 66.7 cm³/mol. The summed E-state index contributed by atoms with van der Waals surface area (Å²) >= 11 is 0. The Kier molecular flexibility index (Phi) is 3.75. The monoisotopic (exact) mass is 233 g/mol. The van der Waals surface area contributed by atoms with Crippen LogP contribution in [-0.4, -0.2) is 16.5 Å². The van der Waals surface area contributed by atoms with Crippen molar-refractivity contribution in [1.29, 1.82) is 0 Å². The largest absolute Gasteiger partial charge is 0.378 e. The number of nitrogens with one attached hydrogen (secondary N) is 1. The summed E-state index contributed by atoms with van der Waals surface area (Å²) in [5.74, 6) is 0. The molecular weight excluding hydrogens is 217 g/mol. The van der Waals surface area contributed by atoms with E-state index in [9.17, 15) is 4.39 Å². The first-order valence-corrected chi connectivity index (χ1v) is 5.67. The van der Waals surface area contributed by atoms with Gasteiger partial charge in [0.05, 0.1) is 17.9 Å². The van der Waals surface area contributed by atoms with Gasteiger partial charge in [0, 0.05) is 12.7 Å². The van der Waals surface area contributed by atoms with Gasteiger partial charge in [-0.3, -0.25) is 4.68 Å². The summed E-state index contributed by atoms with van der Waals surface area (Å²) in [5.41, 5.74) is 3.07. The zero-order chi connectivity index (χ0) is 12.1. The molecule has 0 fully saturated rings. The van der Waals surface area contributed by atoms with Crippen molar-refractivity contribution in [2.45, 2.75) is 20.0 Å². The van der Waals surface area contributed by atoms with Gasteiger partial charge in [-0.2, -0.15) is 5.10 Å². The Bertz CT molecular complexity index is 465. The number of alkyl halides is 1. The number of nitrogens with zero attached hydrogens (tertiary/aromatic N) is 2. The van der Waals surface area contributed by atoms with E-state index < -0.39 is 0 Å². The number of hydrogen-bond donors (Lipinski definition) is 1. The van der Waals surface area contributed by atoms with Crippen molar-refractivity contribution >= 4 is 5.69 Å². The molecule has 0 saturated carbocycles. The van der Waals surface area contributed by atoms with Crippen molar-refractivity contribution in [1.82, 2.24) is 9.78 Å². The van der Waals surface area contributed by atoms with E-state index in [0.29, 0.717) is 6.54 Å². The smallest absolute Gasteiger partial charge is 0.109 e. The molecule has 0 bridgehead atoms. The van der Waals surface area contributed by atoms with E-state index in [1.54, 1.807) is 4.68 Å². The van der Waals surface area contributed by atoms with Crippen LogP contribution in [0.2, 0.25) is 0 Å². The van der Waals surface area contributed by atoms with Gasteiger partial charge in [-0.05, 0) is 12.5 Å². The van der Waals surface area contributed by atoms with Gasteiger partial charge in [-0.25, -0.2) is 4.39 Å². The summed E-state index contributed by atoms with van der Waals surface area (Å²) in [6.07, 6.45) is 1.85. The van der Waals surface area contributed by atoms with E-state index in [1.807, 2.05) is 31.3 Å². The quantitative estimate of drug-likeness (QED) is 0.860. The van der Waals surface area contributed by atoms with Gasteiger partial charge >= 0.3 is 0 Å². The summed E-state index contributed by atoms with van der Waals surface area (Å²) in [7, 11) is 0. The van der Waals surface area contributed by atoms with Crippen molar-refractivity contribution in [2.24, 2.45) is 0 Å². The molecule has 4 heteroatoms. The number of halogens is 1. The molecule has 3 nitrogen and oxygen atoms in total. The fourth-order valence-corrected chi connectivity index (χ4v) is 1.69. The van der Waals surface area contributed by atoms with Crippen LogP contribution in [-0.2, 0) is 13.1 Å². The van der Waals surface area contributed by atoms with Crippen LogP contribution < -0.4 is 5.32 Å². The maximum atomic E-state index is 12.2. The summed E-state index contributed by atoms with van der Waals surface area (Å²) in [6, 6.07) is 10.1. The van der Waals surface area contributed by atoms with E-state index in [2.05, 4.69) is 22.5 Å². The Hall–Kier alpha value is -1.84. The lowest BCUT2D eigenvalue weighted by atomic mass is 10.2. The molecule has 0 radical (unpaired) electrons. The average Bonchev–Trinajstić information content (AvgIpc) is 2.69. The number of aromatic nitrogens is 2. The molecule has 0 unspecified atom stereocenters. The molecule has 0 aliphatic rings. The minimum Gasteiger partial charge on any atom is -0.378 e. The standard InChI is InChI=1S/C13H16FN3/c1-11-13(10-17(16-11)8-7-14)15-9-12-5-3-2-4-6-12/h2-6,10,15H,7-9H2,1H3. The third-order valence-corrected chi connectivity index (χ3v) is 2.59. The zero-order valence-electron chi connectivity index (χ0n) is 9.86. The van der Waals surface area contributed by atoms with Gasteiger partial charge in [0.2, 0.25) is 0 Å². The van der Waals surface area contributed by atoms with E-state index in [4.69, 9.17) is 0 Å². The van der Waals surface area contributed by atoms with Crippen LogP contribution in [0.15, 0.2) is 36.5 Å². The van der Waals surface area contributed by atoms with E-state index in [-0.39, 0.29) is 6.67 Å². The molecular formula is C13H16FN3. The molecule has 1 heterocycles. The van der Waals surface area contributed by atoms with Gasteiger partial charge in [0.25, 0.3) is 0 Å². The molecule has 90 valence electrons. The SMILES string of the molecule is Cc1nn(CCF)cc1NCc1ccccc1. The normalized spacial score (nSPS) is 10.5. The average molecular weight is 233 g/mol. The molecule has 1 N–H and O–H groups in total. The highest BCUT2D eigenvalue weighted by Gasteiger charge is 2.03. The molecule has 17 heavy (non-hydrogen) atoms. The van der Waals surface area contributed by atoms with Crippen molar-refractivity contribution in [3.8, 4) is 0 Å². The lowest BCUT2D eigenvalue weighted by molar-refractivity contribution is 0.426. The number of hydrogen-bond acceptors (Lipinski definition) is 2. The zero-order valence-corrected chi connectivity index (χ0v) is 9.86. The molecule has 0 aliphatic carbocycles. The van der Waals surface area contributed by atoms with Gasteiger partial charge in [0.15, 0.2) is 0 Å². The van der Waals surface area contributed by atoms with Crippen LogP contribution >= 0.6 is 0 Å². The second kappa shape index (κ2) is 5.48. The molecule has 0 saturated heterocycles. The van der Waals surface area contributed by atoms with Crippen molar-refractivity contribution in [2.75, 3.05) is 12.0 Å². The Balaban J connectivity index is 1.99. The number of rotatable bonds is 5. The minimum atomic E-state index is -0.390. The number of anilines is 1. The van der Waals surface area contributed by atoms with E-state index in [1.165, 1.54) is 5.56 Å². The van der Waals surface area contributed by atoms with E-state index in [0.717, 1.165) is 17.9 Å². The second-order valence-corrected chi connectivity index (χ2v) is 3.92. The highest BCUT2D eigenvalue weighted by atomic mass is 19.1. The van der Waals surface area contributed by atoms with Crippen LogP contribution in [0.1, 0.15) is 11.3 Å². The molecule has 0 atom stereocenters. The Morgan fingerprint density at radius 2 is 2.06 bits per heavy atom. The molecule has 0 aliphatic heterocycles. The topological polar surface area (TPSA) is 29.9 Å². The van der Waals surface area contributed by atoms with Gasteiger partial charge in [-0.15, -0.1) is 0 Å². The van der Waals surface area contributed by atoms with Gasteiger partial charge in [0.1, 0.15) is 6.67 Å². The van der Waals surface area contributed by atoms with Gasteiger partial charge < -0.3 is 5.32 Å². The summed E-state index contributed by atoms with van der Waals surface area (Å²) < 4.78 is 13.8. The van der Waals surface area contributed by atoms with Crippen molar-refractivity contribution < 1.29 is 4.39 Å². The fourth-order valence-electron chi connectivity index (χ4n) is 1.69. The first-order chi connectivity index (χ1) is 8.29. The molecule has 0 amide bonds. The molecule has 1 aromatic carbocycles. The molecule has 0 spiro atoms. The van der Waals surface area contributed by atoms with E-state index >= 15 is 0 Å². The van der Waals surface area contributed by atoms with Crippen LogP contribution in [0, 0.1) is 6.92 Å². The Morgan fingerprint density at radius 1 is 1.29 bits per heavy atom. The lowest BCUT2D eigenvalue weighted by Crippen LogP contribution is -2.00.